The third-order valence-electron chi connectivity index (χ3n) is 4.23. The topological polar surface area (TPSA) is 41.7 Å². The van der Waals surface area contributed by atoms with Crippen LogP contribution in [0.15, 0.2) is 18.2 Å². The molecule has 2 rings (SSSR count). The summed E-state index contributed by atoms with van der Waals surface area (Å²) in [5.41, 5.74) is 7.79. The van der Waals surface area contributed by atoms with E-state index in [-0.39, 0.29) is 5.60 Å². The minimum Gasteiger partial charge on any atom is -0.483 e. The Morgan fingerprint density at radius 1 is 1.30 bits per heavy atom. The van der Waals surface area contributed by atoms with E-state index in [1.807, 2.05) is 18.2 Å². The van der Waals surface area contributed by atoms with Gasteiger partial charge in [-0.2, -0.15) is 0 Å². The largest absolute Gasteiger partial charge is 0.483 e. The standard InChI is InChI=1S/C16H27N3O/c1-5-16(6-2)12-19(10-9-18(3)4)14-11-13(17)7-8-15(14)20-16/h7-8,11H,5-6,9-10,12,17H2,1-4H3. The van der Waals surface area contributed by atoms with Gasteiger partial charge in [0.15, 0.2) is 0 Å². The number of hydrogen-bond donors (Lipinski definition) is 1. The van der Waals surface area contributed by atoms with Crippen LogP contribution in [0.2, 0.25) is 0 Å². The first-order chi connectivity index (χ1) is 9.49. The lowest BCUT2D eigenvalue weighted by Crippen LogP contribution is -2.51. The maximum atomic E-state index is 6.30. The first-order valence-electron chi connectivity index (χ1n) is 7.48. The summed E-state index contributed by atoms with van der Waals surface area (Å²) in [5.74, 6) is 0.966. The highest BCUT2D eigenvalue weighted by Crippen LogP contribution is 2.40. The van der Waals surface area contributed by atoms with Gasteiger partial charge in [0.1, 0.15) is 11.4 Å². The maximum absolute atomic E-state index is 6.30. The quantitative estimate of drug-likeness (QED) is 0.840. The van der Waals surface area contributed by atoms with Gasteiger partial charge in [-0.1, -0.05) is 13.8 Å². The smallest absolute Gasteiger partial charge is 0.143 e. The number of nitrogen functional groups attached to an aromatic ring is 1. The lowest BCUT2D eigenvalue weighted by molar-refractivity contribution is 0.0571. The van der Waals surface area contributed by atoms with Crippen LogP contribution in [0.4, 0.5) is 11.4 Å². The first-order valence-corrected chi connectivity index (χ1v) is 7.48. The second-order valence-electron chi connectivity index (χ2n) is 5.94. The summed E-state index contributed by atoms with van der Waals surface area (Å²) in [7, 11) is 4.21. The van der Waals surface area contributed by atoms with Gasteiger partial charge in [-0.3, -0.25) is 0 Å². The molecule has 0 aromatic heterocycles. The van der Waals surface area contributed by atoms with Crippen LogP contribution in [-0.4, -0.2) is 44.2 Å². The van der Waals surface area contributed by atoms with Crippen LogP contribution in [0, 0.1) is 0 Å². The molecule has 4 heteroatoms. The van der Waals surface area contributed by atoms with E-state index in [9.17, 15) is 0 Å². The van der Waals surface area contributed by atoms with Crippen molar-refractivity contribution in [2.75, 3.05) is 44.4 Å². The molecule has 1 heterocycles. The first kappa shape index (κ1) is 15.0. The Bertz CT molecular complexity index is 455. The minimum absolute atomic E-state index is 0.0740. The van der Waals surface area contributed by atoms with Crippen LogP contribution >= 0.6 is 0 Å². The monoisotopic (exact) mass is 277 g/mol. The van der Waals surface area contributed by atoms with E-state index in [2.05, 4.69) is 37.7 Å². The van der Waals surface area contributed by atoms with Crippen LogP contribution in [0.3, 0.4) is 0 Å². The van der Waals surface area contributed by atoms with E-state index in [1.165, 1.54) is 0 Å². The summed E-state index contributed by atoms with van der Waals surface area (Å²) in [5, 5.41) is 0. The predicted octanol–water partition coefficient (Wildman–Crippen LogP) is 2.59. The zero-order chi connectivity index (χ0) is 14.8. The SMILES string of the molecule is CCC1(CC)CN(CCN(C)C)c2cc(N)ccc2O1. The number of benzene rings is 1. The van der Waals surface area contributed by atoms with Gasteiger partial charge in [-0.05, 0) is 45.1 Å². The van der Waals surface area contributed by atoms with E-state index < -0.39 is 0 Å². The Labute approximate surface area is 122 Å². The molecule has 0 aliphatic carbocycles. The molecule has 112 valence electrons. The molecule has 0 saturated heterocycles. The van der Waals surface area contributed by atoms with Crippen molar-refractivity contribution in [1.29, 1.82) is 0 Å². The van der Waals surface area contributed by atoms with Gasteiger partial charge in [0.05, 0.1) is 12.2 Å². The molecule has 0 unspecified atom stereocenters. The molecule has 0 fully saturated rings. The molecule has 0 amide bonds. The molecule has 1 aliphatic heterocycles. The summed E-state index contributed by atoms with van der Waals surface area (Å²) in [6.45, 7) is 7.36. The van der Waals surface area contributed by atoms with Crippen molar-refractivity contribution in [1.82, 2.24) is 4.90 Å². The number of hydrogen-bond acceptors (Lipinski definition) is 4. The zero-order valence-corrected chi connectivity index (χ0v) is 13.1. The second-order valence-corrected chi connectivity index (χ2v) is 5.94. The van der Waals surface area contributed by atoms with Crippen molar-refractivity contribution < 1.29 is 4.74 Å². The summed E-state index contributed by atoms with van der Waals surface area (Å²) in [4.78, 5) is 4.63. The average Bonchev–Trinajstić information content (AvgIpc) is 2.44. The molecule has 20 heavy (non-hydrogen) atoms. The number of nitrogens with zero attached hydrogens (tertiary/aromatic N) is 2. The van der Waals surface area contributed by atoms with E-state index in [1.54, 1.807) is 0 Å². The van der Waals surface area contributed by atoms with Crippen molar-refractivity contribution in [3.8, 4) is 5.75 Å². The fourth-order valence-electron chi connectivity index (χ4n) is 2.70. The third-order valence-corrected chi connectivity index (χ3v) is 4.23. The van der Waals surface area contributed by atoms with Gasteiger partial charge in [0, 0.05) is 18.8 Å². The summed E-state index contributed by atoms with van der Waals surface area (Å²) in [6.07, 6.45) is 2.04. The van der Waals surface area contributed by atoms with Gasteiger partial charge in [0.25, 0.3) is 0 Å². The summed E-state index contributed by atoms with van der Waals surface area (Å²) >= 11 is 0. The van der Waals surface area contributed by atoms with Crippen molar-refractivity contribution in [2.24, 2.45) is 0 Å². The molecule has 1 aromatic rings. The van der Waals surface area contributed by atoms with E-state index in [0.717, 1.165) is 49.6 Å². The normalized spacial score (nSPS) is 16.9. The van der Waals surface area contributed by atoms with E-state index >= 15 is 0 Å². The highest BCUT2D eigenvalue weighted by atomic mass is 16.5. The summed E-state index contributed by atoms with van der Waals surface area (Å²) in [6, 6.07) is 5.96. The van der Waals surface area contributed by atoms with Crippen molar-refractivity contribution in [3.63, 3.8) is 0 Å². The molecule has 0 saturated carbocycles. The average molecular weight is 277 g/mol. The van der Waals surface area contributed by atoms with Crippen LogP contribution in [-0.2, 0) is 0 Å². The Balaban J connectivity index is 2.31. The molecule has 0 spiro atoms. The highest BCUT2D eigenvalue weighted by molar-refractivity contribution is 5.66. The Hall–Kier alpha value is -1.42. The van der Waals surface area contributed by atoms with Gasteiger partial charge in [-0.25, -0.2) is 0 Å². The van der Waals surface area contributed by atoms with Crippen LogP contribution in [0.1, 0.15) is 26.7 Å². The number of likely N-dealkylation sites (N-methyl/N-ethyl adjacent to an activating group) is 1. The fraction of sp³-hybridized carbons (Fsp3) is 0.625. The van der Waals surface area contributed by atoms with Crippen LogP contribution < -0.4 is 15.4 Å². The minimum atomic E-state index is -0.0740. The van der Waals surface area contributed by atoms with E-state index in [4.69, 9.17) is 10.5 Å². The molecule has 1 aromatic carbocycles. The number of ether oxygens (including phenoxy) is 1. The fourth-order valence-corrected chi connectivity index (χ4v) is 2.70. The number of nitrogens with two attached hydrogens (primary N) is 1. The number of fused-ring (bicyclic) bond motifs is 1. The Kier molecular flexibility index (Phi) is 4.43. The van der Waals surface area contributed by atoms with Crippen LogP contribution in [0.5, 0.6) is 5.75 Å². The van der Waals surface area contributed by atoms with Crippen molar-refractivity contribution in [3.05, 3.63) is 18.2 Å². The molecule has 0 radical (unpaired) electrons. The number of rotatable bonds is 5. The molecular weight excluding hydrogens is 250 g/mol. The Morgan fingerprint density at radius 2 is 2.00 bits per heavy atom. The van der Waals surface area contributed by atoms with Gasteiger partial charge in [0.2, 0.25) is 0 Å². The molecule has 0 bridgehead atoms. The third kappa shape index (κ3) is 3.01. The molecule has 1 aliphatic rings. The lowest BCUT2D eigenvalue weighted by atomic mass is 9.94. The van der Waals surface area contributed by atoms with Crippen LogP contribution in [0.25, 0.3) is 0 Å². The van der Waals surface area contributed by atoms with Crippen molar-refractivity contribution >= 4 is 11.4 Å². The molecular formula is C16H27N3O. The molecule has 4 nitrogen and oxygen atoms in total. The van der Waals surface area contributed by atoms with E-state index in [0.29, 0.717) is 0 Å². The predicted molar refractivity (Wildman–Crippen MR) is 85.6 cm³/mol. The van der Waals surface area contributed by atoms with Gasteiger partial charge >= 0.3 is 0 Å². The molecule has 0 atom stereocenters. The summed E-state index contributed by atoms with van der Waals surface area (Å²) < 4.78 is 6.30. The number of anilines is 2. The lowest BCUT2D eigenvalue weighted by Gasteiger charge is -2.44. The highest BCUT2D eigenvalue weighted by Gasteiger charge is 2.36. The maximum Gasteiger partial charge on any atom is 0.143 e. The second kappa shape index (κ2) is 5.92. The van der Waals surface area contributed by atoms with Gasteiger partial charge in [-0.15, -0.1) is 0 Å². The van der Waals surface area contributed by atoms with Crippen molar-refractivity contribution in [2.45, 2.75) is 32.3 Å². The van der Waals surface area contributed by atoms with Gasteiger partial charge < -0.3 is 20.3 Å². The zero-order valence-electron chi connectivity index (χ0n) is 13.1. The molecule has 2 N–H and O–H groups in total. The Morgan fingerprint density at radius 3 is 2.60 bits per heavy atom.